The number of hydrogen-bond donors (Lipinski definition) is 4. The fourth-order valence-corrected chi connectivity index (χ4v) is 4.44. The Kier molecular flexibility index (Phi) is 9.80. The highest BCUT2D eigenvalue weighted by molar-refractivity contribution is 5.99. The molecule has 4 N–H and O–H groups in total. The molecule has 0 unspecified atom stereocenters. The summed E-state index contributed by atoms with van der Waals surface area (Å²) in [5, 5.41) is 11.4. The van der Waals surface area contributed by atoms with Gasteiger partial charge in [-0.25, -0.2) is 14.2 Å². The molecule has 0 aliphatic carbocycles. The zero-order chi connectivity index (χ0) is 27.6. The van der Waals surface area contributed by atoms with Crippen molar-refractivity contribution in [1.82, 2.24) is 25.5 Å². The number of carbonyl (C=O) groups is 2. The molecule has 0 spiro atoms. The van der Waals surface area contributed by atoms with E-state index in [1.807, 2.05) is 26.0 Å². The molecule has 1 aromatic carbocycles. The van der Waals surface area contributed by atoms with Crippen LogP contribution in [0.1, 0.15) is 47.8 Å². The van der Waals surface area contributed by atoms with Gasteiger partial charge in [-0.05, 0) is 75.7 Å². The van der Waals surface area contributed by atoms with Crippen molar-refractivity contribution >= 4 is 23.4 Å². The van der Waals surface area contributed by atoms with Gasteiger partial charge in [-0.1, -0.05) is 18.6 Å². The van der Waals surface area contributed by atoms with Crippen LogP contribution in [0.25, 0.3) is 11.3 Å². The molecule has 3 aromatic rings. The molecule has 1 aliphatic rings. The first-order valence-corrected chi connectivity index (χ1v) is 13.4. The highest BCUT2D eigenvalue weighted by Gasteiger charge is 2.16. The van der Waals surface area contributed by atoms with Crippen molar-refractivity contribution in [2.75, 3.05) is 43.4 Å². The molecule has 2 aromatic heterocycles. The number of carbonyl (C=O) groups excluding carboxylic acids is 2. The number of piperidine rings is 1. The Balaban J connectivity index is 1.38. The number of hydrogen-bond acceptors (Lipinski definition) is 6. The highest BCUT2D eigenvalue weighted by atomic mass is 19.1. The van der Waals surface area contributed by atoms with Crippen LogP contribution in [0.5, 0.6) is 0 Å². The van der Waals surface area contributed by atoms with Crippen molar-refractivity contribution in [3.63, 3.8) is 0 Å². The molecular formula is C29H36FN7O2. The molecule has 206 valence electrons. The molecule has 39 heavy (non-hydrogen) atoms. The average Bonchev–Trinajstić information content (AvgIpc) is 2.94. The normalized spacial score (nSPS) is 13.5. The van der Waals surface area contributed by atoms with E-state index in [4.69, 9.17) is 0 Å². The summed E-state index contributed by atoms with van der Waals surface area (Å²) >= 11 is 0. The molecule has 4 rings (SSSR count). The maximum atomic E-state index is 14.9. The predicted molar refractivity (Wildman–Crippen MR) is 151 cm³/mol. The van der Waals surface area contributed by atoms with Crippen LogP contribution in [0.2, 0.25) is 0 Å². The monoisotopic (exact) mass is 533 g/mol. The Morgan fingerprint density at radius 3 is 2.56 bits per heavy atom. The van der Waals surface area contributed by atoms with Gasteiger partial charge >= 0.3 is 6.03 Å². The van der Waals surface area contributed by atoms with Crippen LogP contribution >= 0.6 is 0 Å². The molecule has 10 heteroatoms. The van der Waals surface area contributed by atoms with Crippen LogP contribution in [-0.2, 0) is 6.54 Å². The van der Waals surface area contributed by atoms with Gasteiger partial charge in [-0.2, -0.15) is 0 Å². The second-order valence-corrected chi connectivity index (χ2v) is 9.59. The summed E-state index contributed by atoms with van der Waals surface area (Å²) < 4.78 is 14.9. The number of aryl methyl sites for hydroxylation is 1. The SMILES string of the molecule is CCNc1nc(-c2ccc(NC(=O)NCc3ccc(C)nc3)c(F)c2)ccc1C(=O)NCCN1CCCCC1. The minimum atomic E-state index is -0.592. The van der Waals surface area contributed by atoms with Crippen molar-refractivity contribution in [3.05, 3.63) is 71.3 Å². The van der Waals surface area contributed by atoms with E-state index in [-0.39, 0.29) is 18.1 Å². The van der Waals surface area contributed by atoms with Crippen LogP contribution < -0.4 is 21.3 Å². The van der Waals surface area contributed by atoms with Crippen LogP contribution in [0.4, 0.5) is 20.7 Å². The Hall–Kier alpha value is -4.05. The quantitative estimate of drug-likeness (QED) is 0.304. The van der Waals surface area contributed by atoms with Gasteiger partial charge in [0.2, 0.25) is 0 Å². The number of nitrogens with zero attached hydrogens (tertiary/aromatic N) is 3. The van der Waals surface area contributed by atoms with Gasteiger partial charge in [-0.15, -0.1) is 0 Å². The van der Waals surface area contributed by atoms with Gasteiger partial charge in [0.25, 0.3) is 5.91 Å². The number of amides is 3. The fraction of sp³-hybridized carbons (Fsp3) is 0.379. The maximum absolute atomic E-state index is 14.9. The van der Waals surface area contributed by atoms with Gasteiger partial charge in [0, 0.05) is 43.6 Å². The smallest absolute Gasteiger partial charge is 0.319 e. The number of aromatic nitrogens is 2. The summed E-state index contributed by atoms with van der Waals surface area (Å²) in [5.74, 6) is -0.343. The second kappa shape index (κ2) is 13.7. The molecule has 0 radical (unpaired) electrons. The summed E-state index contributed by atoms with van der Waals surface area (Å²) in [4.78, 5) is 36.3. The molecule has 1 saturated heterocycles. The Morgan fingerprint density at radius 1 is 1.03 bits per heavy atom. The summed E-state index contributed by atoms with van der Waals surface area (Å²) in [6.07, 6.45) is 5.38. The topological polar surface area (TPSA) is 111 Å². The molecule has 3 heterocycles. The van der Waals surface area contributed by atoms with Gasteiger partial charge in [0.05, 0.1) is 16.9 Å². The first-order valence-electron chi connectivity index (χ1n) is 13.4. The number of rotatable bonds is 10. The number of benzene rings is 1. The third-order valence-electron chi connectivity index (χ3n) is 6.59. The van der Waals surface area contributed by atoms with Crippen molar-refractivity contribution in [2.24, 2.45) is 0 Å². The first-order chi connectivity index (χ1) is 18.9. The third kappa shape index (κ3) is 7.97. The van der Waals surface area contributed by atoms with E-state index >= 15 is 0 Å². The maximum Gasteiger partial charge on any atom is 0.319 e. The van der Waals surface area contributed by atoms with Gasteiger partial charge in [-0.3, -0.25) is 9.78 Å². The number of nitrogens with one attached hydrogen (secondary N) is 4. The molecule has 0 atom stereocenters. The van der Waals surface area contributed by atoms with Gasteiger partial charge in [0.1, 0.15) is 11.6 Å². The first kappa shape index (κ1) is 28.0. The van der Waals surface area contributed by atoms with E-state index in [0.717, 1.165) is 30.9 Å². The summed E-state index contributed by atoms with van der Waals surface area (Å²) in [5.41, 5.74) is 3.26. The zero-order valence-corrected chi connectivity index (χ0v) is 22.5. The van der Waals surface area contributed by atoms with E-state index in [2.05, 4.69) is 36.1 Å². The molecular weight excluding hydrogens is 497 g/mol. The molecule has 0 bridgehead atoms. The van der Waals surface area contributed by atoms with Gasteiger partial charge in [0.15, 0.2) is 0 Å². The van der Waals surface area contributed by atoms with E-state index in [0.29, 0.717) is 35.7 Å². The largest absolute Gasteiger partial charge is 0.370 e. The van der Waals surface area contributed by atoms with Crippen LogP contribution in [0, 0.1) is 12.7 Å². The van der Waals surface area contributed by atoms with Crippen LogP contribution in [0.15, 0.2) is 48.7 Å². The molecule has 1 aliphatic heterocycles. The lowest BCUT2D eigenvalue weighted by molar-refractivity contribution is 0.0947. The fourth-order valence-electron chi connectivity index (χ4n) is 4.44. The lowest BCUT2D eigenvalue weighted by Crippen LogP contribution is -2.37. The summed E-state index contributed by atoms with van der Waals surface area (Å²) in [6.45, 7) is 8.22. The summed E-state index contributed by atoms with van der Waals surface area (Å²) in [6, 6.07) is 11.1. The van der Waals surface area contributed by atoms with Crippen LogP contribution in [0.3, 0.4) is 0 Å². The van der Waals surface area contributed by atoms with Crippen molar-refractivity contribution in [3.8, 4) is 11.3 Å². The van der Waals surface area contributed by atoms with E-state index in [1.165, 1.54) is 31.4 Å². The molecule has 0 saturated carbocycles. The number of anilines is 2. The summed E-state index contributed by atoms with van der Waals surface area (Å²) in [7, 11) is 0. The molecule has 9 nitrogen and oxygen atoms in total. The van der Waals surface area contributed by atoms with E-state index in [9.17, 15) is 14.0 Å². The minimum absolute atomic E-state index is 0.0508. The third-order valence-corrected chi connectivity index (χ3v) is 6.59. The van der Waals surface area contributed by atoms with Crippen molar-refractivity contribution in [2.45, 2.75) is 39.7 Å². The standard InChI is InChI=1S/C29H36FN7O2/c1-3-31-27-23(28(38)32-13-16-37-14-5-4-6-15-37)10-12-25(35-27)22-9-11-26(24(30)17-22)36-29(39)34-19-21-8-7-20(2)33-18-21/h7-12,17-18H,3-6,13-16,19H2,1-2H3,(H,31,35)(H,32,38)(H2,34,36,39). The number of pyridine rings is 2. The lowest BCUT2D eigenvalue weighted by atomic mass is 10.1. The molecule has 1 fully saturated rings. The predicted octanol–water partition coefficient (Wildman–Crippen LogP) is 4.56. The van der Waals surface area contributed by atoms with Gasteiger partial charge < -0.3 is 26.2 Å². The highest BCUT2D eigenvalue weighted by Crippen LogP contribution is 2.26. The second-order valence-electron chi connectivity index (χ2n) is 9.59. The van der Waals surface area contributed by atoms with E-state index in [1.54, 1.807) is 24.4 Å². The number of halogens is 1. The van der Waals surface area contributed by atoms with E-state index < -0.39 is 11.8 Å². The number of likely N-dealkylation sites (tertiary alicyclic amines) is 1. The van der Waals surface area contributed by atoms with Crippen molar-refractivity contribution in [1.29, 1.82) is 0 Å². The molecule has 3 amide bonds. The zero-order valence-electron chi connectivity index (χ0n) is 22.5. The Bertz CT molecular complexity index is 1280. The lowest BCUT2D eigenvalue weighted by Gasteiger charge is -2.26. The minimum Gasteiger partial charge on any atom is -0.370 e. The number of urea groups is 1. The Labute approximate surface area is 228 Å². The Morgan fingerprint density at radius 2 is 1.85 bits per heavy atom. The van der Waals surface area contributed by atoms with Crippen molar-refractivity contribution < 1.29 is 14.0 Å². The average molecular weight is 534 g/mol. The van der Waals surface area contributed by atoms with Crippen LogP contribution in [-0.4, -0.2) is 59.5 Å².